The number of anilines is 2. The zero-order chi connectivity index (χ0) is 18.0. The van der Waals surface area contributed by atoms with E-state index in [4.69, 9.17) is 0 Å². The fraction of sp³-hybridized carbons (Fsp3) is 0.526. The molecule has 1 aromatic carbocycles. The molecule has 0 radical (unpaired) electrons. The van der Waals surface area contributed by atoms with Crippen LogP contribution in [0.2, 0.25) is 0 Å². The van der Waals surface area contributed by atoms with Crippen molar-refractivity contribution in [3.63, 3.8) is 0 Å². The maximum absolute atomic E-state index is 12.3. The third-order valence-corrected chi connectivity index (χ3v) is 5.13. The second kappa shape index (κ2) is 7.25. The molecule has 0 unspecified atom stereocenters. The standard InChI is InChI=1S/C19H25N3O3/c1-12-3-6-14(7-4-12)20-19(25)21-16-11-15(8-5-13(16)2)22-17(23)9-10-18(22)24/h5,8,11-12,14H,3-4,6-7,9-10H2,1-2H3,(H2,20,21,25). The minimum Gasteiger partial charge on any atom is -0.335 e. The fourth-order valence-electron chi connectivity index (χ4n) is 3.50. The predicted molar refractivity (Wildman–Crippen MR) is 96.5 cm³/mol. The SMILES string of the molecule is Cc1ccc(N2C(=O)CCC2=O)cc1NC(=O)NC1CCC(C)CC1. The fourth-order valence-corrected chi connectivity index (χ4v) is 3.50. The van der Waals surface area contributed by atoms with Gasteiger partial charge in [-0.15, -0.1) is 0 Å². The lowest BCUT2D eigenvalue weighted by molar-refractivity contribution is -0.121. The Morgan fingerprint density at radius 2 is 1.72 bits per heavy atom. The molecular formula is C19H25N3O3. The number of nitrogens with zero attached hydrogens (tertiary/aromatic N) is 1. The minimum atomic E-state index is -0.237. The van der Waals surface area contributed by atoms with Crippen molar-refractivity contribution in [3.8, 4) is 0 Å². The average molecular weight is 343 g/mol. The molecule has 25 heavy (non-hydrogen) atoms. The molecule has 4 amide bonds. The van der Waals surface area contributed by atoms with E-state index >= 15 is 0 Å². The summed E-state index contributed by atoms with van der Waals surface area (Å²) in [6.07, 6.45) is 4.78. The normalized spacial score (nSPS) is 23.7. The Morgan fingerprint density at radius 3 is 2.36 bits per heavy atom. The molecule has 0 aromatic heterocycles. The number of hydrogen-bond acceptors (Lipinski definition) is 3. The van der Waals surface area contributed by atoms with Gasteiger partial charge in [0, 0.05) is 24.6 Å². The van der Waals surface area contributed by atoms with Gasteiger partial charge in [-0.25, -0.2) is 4.79 Å². The van der Waals surface area contributed by atoms with Crippen LogP contribution in [0.25, 0.3) is 0 Å². The van der Waals surface area contributed by atoms with Crippen LogP contribution in [0, 0.1) is 12.8 Å². The number of nitrogens with one attached hydrogen (secondary N) is 2. The van der Waals surface area contributed by atoms with Gasteiger partial charge >= 0.3 is 6.03 Å². The van der Waals surface area contributed by atoms with Crippen molar-refractivity contribution in [2.24, 2.45) is 5.92 Å². The second-order valence-electron chi connectivity index (χ2n) is 7.18. The first kappa shape index (κ1) is 17.5. The van der Waals surface area contributed by atoms with E-state index in [9.17, 15) is 14.4 Å². The molecule has 134 valence electrons. The largest absolute Gasteiger partial charge is 0.335 e. The van der Waals surface area contributed by atoms with Gasteiger partial charge in [-0.3, -0.25) is 14.5 Å². The van der Waals surface area contributed by atoms with Gasteiger partial charge in [0.15, 0.2) is 0 Å². The van der Waals surface area contributed by atoms with Crippen LogP contribution in [-0.2, 0) is 9.59 Å². The summed E-state index contributed by atoms with van der Waals surface area (Å²) in [6, 6.07) is 5.22. The van der Waals surface area contributed by atoms with Crippen molar-refractivity contribution in [3.05, 3.63) is 23.8 Å². The quantitative estimate of drug-likeness (QED) is 0.826. The predicted octanol–water partition coefficient (Wildman–Crippen LogP) is 3.35. The third kappa shape index (κ3) is 4.00. The number of carbonyl (C=O) groups is 3. The van der Waals surface area contributed by atoms with Gasteiger partial charge in [-0.05, 0) is 56.2 Å². The molecule has 3 rings (SSSR count). The second-order valence-corrected chi connectivity index (χ2v) is 7.18. The number of imide groups is 1. The summed E-state index contributed by atoms with van der Waals surface area (Å²) < 4.78 is 0. The van der Waals surface area contributed by atoms with E-state index in [1.807, 2.05) is 13.0 Å². The highest BCUT2D eigenvalue weighted by Crippen LogP contribution is 2.28. The molecule has 6 heteroatoms. The first-order valence-corrected chi connectivity index (χ1v) is 8.98. The molecule has 0 spiro atoms. The van der Waals surface area contributed by atoms with Gasteiger partial charge in [0.2, 0.25) is 11.8 Å². The summed E-state index contributed by atoms with van der Waals surface area (Å²) in [4.78, 5) is 37.3. The van der Waals surface area contributed by atoms with E-state index in [1.165, 1.54) is 4.90 Å². The smallest absolute Gasteiger partial charge is 0.319 e. The molecule has 6 nitrogen and oxygen atoms in total. The third-order valence-electron chi connectivity index (χ3n) is 5.13. The van der Waals surface area contributed by atoms with Crippen molar-refractivity contribution in [2.45, 2.75) is 58.4 Å². The van der Waals surface area contributed by atoms with Crippen LogP contribution in [0.5, 0.6) is 0 Å². The Labute approximate surface area is 148 Å². The van der Waals surface area contributed by atoms with Crippen LogP contribution in [0.3, 0.4) is 0 Å². The van der Waals surface area contributed by atoms with Gasteiger partial charge in [-0.1, -0.05) is 13.0 Å². The Kier molecular flexibility index (Phi) is 5.06. The van der Waals surface area contributed by atoms with Gasteiger partial charge in [0.05, 0.1) is 5.69 Å². The van der Waals surface area contributed by atoms with E-state index in [2.05, 4.69) is 17.6 Å². The lowest BCUT2D eigenvalue weighted by Crippen LogP contribution is -2.40. The Morgan fingerprint density at radius 1 is 1.08 bits per heavy atom. The molecule has 1 aliphatic carbocycles. The lowest BCUT2D eigenvalue weighted by Gasteiger charge is -2.27. The highest BCUT2D eigenvalue weighted by Gasteiger charge is 2.30. The first-order chi connectivity index (χ1) is 11.9. The number of carbonyl (C=O) groups excluding carboxylic acids is 3. The van der Waals surface area contributed by atoms with Crippen LogP contribution in [0.15, 0.2) is 18.2 Å². The highest BCUT2D eigenvalue weighted by atomic mass is 16.2. The Balaban J connectivity index is 1.67. The molecule has 0 atom stereocenters. The van der Waals surface area contributed by atoms with Crippen LogP contribution in [-0.4, -0.2) is 23.9 Å². The summed E-state index contributed by atoms with van der Waals surface area (Å²) in [7, 11) is 0. The molecule has 1 saturated carbocycles. The first-order valence-electron chi connectivity index (χ1n) is 8.98. The van der Waals surface area contributed by atoms with Gasteiger partial charge in [0.1, 0.15) is 0 Å². The van der Waals surface area contributed by atoms with Crippen LogP contribution < -0.4 is 15.5 Å². The molecule has 1 aliphatic heterocycles. The molecule has 1 heterocycles. The highest BCUT2D eigenvalue weighted by molar-refractivity contribution is 6.20. The molecule has 2 N–H and O–H groups in total. The van der Waals surface area contributed by atoms with Crippen LogP contribution in [0.4, 0.5) is 16.2 Å². The summed E-state index contributed by atoms with van der Waals surface area (Å²) in [5, 5.41) is 5.89. The topological polar surface area (TPSA) is 78.5 Å². The number of hydrogen-bond donors (Lipinski definition) is 2. The number of benzene rings is 1. The van der Waals surface area contributed by atoms with E-state index < -0.39 is 0 Å². The Hall–Kier alpha value is -2.37. The van der Waals surface area contributed by atoms with E-state index in [-0.39, 0.29) is 36.7 Å². The number of rotatable bonds is 3. The monoisotopic (exact) mass is 343 g/mol. The van der Waals surface area contributed by atoms with Crippen molar-refractivity contribution in [1.29, 1.82) is 0 Å². The molecule has 1 saturated heterocycles. The molecular weight excluding hydrogens is 318 g/mol. The summed E-state index contributed by atoms with van der Waals surface area (Å²) in [5.74, 6) is 0.344. The van der Waals surface area contributed by atoms with Gasteiger partial charge in [-0.2, -0.15) is 0 Å². The summed E-state index contributed by atoms with van der Waals surface area (Å²) in [5.41, 5.74) is 2.02. The molecule has 0 bridgehead atoms. The zero-order valence-electron chi connectivity index (χ0n) is 14.8. The van der Waals surface area contributed by atoms with Crippen molar-refractivity contribution in [1.82, 2.24) is 5.32 Å². The average Bonchev–Trinajstić information content (AvgIpc) is 2.91. The van der Waals surface area contributed by atoms with E-state index in [0.717, 1.165) is 37.2 Å². The Bertz CT molecular complexity index is 677. The summed E-state index contributed by atoms with van der Waals surface area (Å²) >= 11 is 0. The summed E-state index contributed by atoms with van der Waals surface area (Å²) in [6.45, 7) is 4.13. The molecule has 2 fully saturated rings. The van der Waals surface area contributed by atoms with Gasteiger partial charge < -0.3 is 10.6 Å². The van der Waals surface area contributed by atoms with Gasteiger partial charge in [0.25, 0.3) is 0 Å². The molecule has 1 aromatic rings. The van der Waals surface area contributed by atoms with Crippen molar-refractivity contribution in [2.75, 3.05) is 10.2 Å². The zero-order valence-corrected chi connectivity index (χ0v) is 14.8. The molecule has 2 aliphatic rings. The maximum atomic E-state index is 12.3. The lowest BCUT2D eigenvalue weighted by atomic mass is 9.87. The maximum Gasteiger partial charge on any atom is 0.319 e. The number of amides is 4. The van der Waals surface area contributed by atoms with E-state index in [1.54, 1.807) is 12.1 Å². The van der Waals surface area contributed by atoms with Crippen molar-refractivity contribution >= 4 is 29.2 Å². The van der Waals surface area contributed by atoms with Crippen molar-refractivity contribution < 1.29 is 14.4 Å². The minimum absolute atomic E-state index is 0.194. The van der Waals surface area contributed by atoms with E-state index in [0.29, 0.717) is 11.4 Å². The number of aryl methyl sites for hydroxylation is 1. The van der Waals surface area contributed by atoms with Crippen LogP contribution >= 0.6 is 0 Å². The number of urea groups is 1. The van der Waals surface area contributed by atoms with Crippen LogP contribution in [0.1, 0.15) is 51.0 Å².